The highest BCUT2D eigenvalue weighted by Gasteiger charge is 2.25. The predicted molar refractivity (Wildman–Crippen MR) is 61.6 cm³/mol. The summed E-state index contributed by atoms with van der Waals surface area (Å²) in [7, 11) is 0. The van der Waals surface area contributed by atoms with E-state index in [0.29, 0.717) is 17.9 Å². The second kappa shape index (κ2) is 4.92. The molecule has 1 aliphatic rings. The number of H-pyrrole nitrogens is 1. The van der Waals surface area contributed by atoms with Gasteiger partial charge in [-0.2, -0.15) is 0 Å². The lowest BCUT2D eigenvalue weighted by molar-refractivity contribution is -0.386. The SMILES string of the molecule is CC.CC1Cc2[nH]cc([N+](=O)[O-])c(=O)c2C1. The minimum atomic E-state index is -0.637. The fourth-order valence-corrected chi connectivity index (χ4v) is 1.90. The zero-order valence-corrected chi connectivity index (χ0v) is 9.74. The third kappa shape index (κ3) is 2.13. The number of nitro groups is 1. The minimum Gasteiger partial charge on any atom is -0.359 e. The summed E-state index contributed by atoms with van der Waals surface area (Å²) in [5.74, 6) is 0.399. The van der Waals surface area contributed by atoms with Gasteiger partial charge in [-0.1, -0.05) is 20.8 Å². The van der Waals surface area contributed by atoms with Crippen molar-refractivity contribution in [3.8, 4) is 0 Å². The summed E-state index contributed by atoms with van der Waals surface area (Å²) in [6.07, 6.45) is 2.65. The van der Waals surface area contributed by atoms with Crippen molar-refractivity contribution in [3.63, 3.8) is 0 Å². The van der Waals surface area contributed by atoms with Gasteiger partial charge in [0.15, 0.2) is 0 Å². The van der Waals surface area contributed by atoms with Crippen molar-refractivity contribution >= 4 is 5.69 Å². The van der Waals surface area contributed by atoms with Crippen LogP contribution in [0.15, 0.2) is 11.0 Å². The van der Waals surface area contributed by atoms with Gasteiger partial charge < -0.3 is 4.98 Å². The van der Waals surface area contributed by atoms with Crippen LogP contribution in [0.4, 0.5) is 5.69 Å². The summed E-state index contributed by atoms with van der Waals surface area (Å²) in [6, 6.07) is 0. The molecule has 1 unspecified atom stereocenters. The Kier molecular flexibility index (Phi) is 3.82. The van der Waals surface area contributed by atoms with Gasteiger partial charge in [0, 0.05) is 11.3 Å². The van der Waals surface area contributed by atoms with Crippen molar-refractivity contribution in [2.75, 3.05) is 0 Å². The van der Waals surface area contributed by atoms with Crippen LogP contribution in [0.2, 0.25) is 0 Å². The number of aromatic amines is 1. The largest absolute Gasteiger partial charge is 0.359 e. The Balaban J connectivity index is 0.000000606. The standard InChI is InChI=1S/C9H10N2O3.C2H6/c1-5-2-6-7(3-5)10-4-8(9(6)12)11(13)14;1-2/h4-5H,2-3H2,1H3,(H,10,12);1-2H3. The van der Waals surface area contributed by atoms with Crippen molar-refractivity contribution < 1.29 is 4.92 Å². The molecule has 5 heteroatoms. The maximum Gasteiger partial charge on any atom is 0.332 e. The number of pyridine rings is 1. The summed E-state index contributed by atoms with van der Waals surface area (Å²) < 4.78 is 0. The first-order valence-corrected chi connectivity index (χ1v) is 5.47. The predicted octanol–water partition coefficient (Wildman–Crippen LogP) is 2.04. The van der Waals surface area contributed by atoms with Gasteiger partial charge in [0.25, 0.3) is 5.43 Å². The van der Waals surface area contributed by atoms with Crippen LogP contribution in [0.3, 0.4) is 0 Å². The van der Waals surface area contributed by atoms with Gasteiger partial charge >= 0.3 is 5.69 Å². The van der Waals surface area contributed by atoms with Gasteiger partial charge in [-0.3, -0.25) is 14.9 Å². The van der Waals surface area contributed by atoms with Crippen LogP contribution in [0.25, 0.3) is 0 Å². The zero-order valence-electron chi connectivity index (χ0n) is 9.74. The van der Waals surface area contributed by atoms with E-state index in [1.54, 1.807) is 0 Å². The molecular formula is C11H16N2O3. The molecule has 0 bridgehead atoms. The molecule has 0 amide bonds. The van der Waals surface area contributed by atoms with Crippen LogP contribution in [0.1, 0.15) is 32.0 Å². The number of nitrogens with one attached hydrogen (secondary N) is 1. The molecule has 0 spiro atoms. The lowest BCUT2D eigenvalue weighted by Gasteiger charge is -1.96. The normalized spacial score (nSPS) is 17.3. The average molecular weight is 224 g/mol. The summed E-state index contributed by atoms with van der Waals surface area (Å²) in [5.41, 5.74) is 0.672. The number of rotatable bonds is 1. The number of fused-ring (bicyclic) bond motifs is 1. The van der Waals surface area contributed by atoms with Crippen molar-refractivity contribution in [1.29, 1.82) is 0 Å². The molecule has 1 aromatic heterocycles. The van der Waals surface area contributed by atoms with Crippen molar-refractivity contribution in [3.05, 3.63) is 37.8 Å². The molecule has 1 N–H and O–H groups in total. The smallest absolute Gasteiger partial charge is 0.332 e. The maximum absolute atomic E-state index is 11.6. The zero-order chi connectivity index (χ0) is 12.3. The second-order valence-corrected chi connectivity index (χ2v) is 3.73. The molecule has 2 rings (SSSR count). The van der Waals surface area contributed by atoms with Crippen molar-refractivity contribution in [2.45, 2.75) is 33.6 Å². The molecule has 0 saturated heterocycles. The number of hydrogen-bond donors (Lipinski definition) is 1. The Morgan fingerprint density at radius 3 is 2.62 bits per heavy atom. The molecule has 16 heavy (non-hydrogen) atoms. The molecule has 1 heterocycles. The van der Waals surface area contributed by atoms with E-state index in [1.165, 1.54) is 6.20 Å². The monoisotopic (exact) mass is 224 g/mol. The molecular weight excluding hydrogens is 208 g/mol. The van der Waals surface area contributed by atoms with Crippen LogP contribution in [0.5, 0.6) is 0 Å². The number of aromatic nitrogens is 1. The lowest BCUT2D eigenvalue weighted by atomic mass is 10.1. The van der Waals surface area contributed by atoms with Crippen LogP contribution in [0, 0.1) is 16.0 Å². The van der Waals surface area contributed by atoms with E-state index in [1.807, 2.05) is 20.8 Å². The Labute approximate surface area is 93.7 Å². The van der Waals surface area contributed by atoms with E-state index < -0.39 is 10.4 Å². The molecule has 1 aliphatic carbocycles. The van der Waals surface area contributed by atoms with Gasteiger partial charge in [0.2, 0.25) is 0 Å². The van der Waals surface area contributed by atoms with E-state index in [4.69, 9.17) is 0 Å². The Hall–Kier alpha value is -1.65. The van der Waals surface area contributed by atoms with Crippen molar-refractivity contribution in [2.24, 2.45) is 5.92 Å². The Morgan fingerprint density at radius 1 is 1.44 bits per heavy atom. The maximum atomic E-state index is 11.6. The fraction of sp³-hybridized carbons (Fsp3) is 0.545. The molecule has 0 saturated carbocycles. The topological polar surface area (TPSA) is 76.0 Å². The van der Waals surface area contributed by atoms with E-state index >= 15 is 0 Å². The number of nitrogens with zero attached hydrogens (tertiary/aromatic N) is 1. The van der Waals surface area contributed by atoms with Crippen LogP contribution >= 0.6 is 0 Å². The van der Waals surface area contributed by atoms with Gasteiger partial charge in [0.05, 0.1) is 11.1 Å². The van der Waals surface area contributed by atoms with Gasteiger partial charge in [0.1, 0.15) is 0 Å². The summed E-state index contributed by atoms with van der Waals surface area (Å²) >= 11 is 0. The summed E-state index contributed by atoms with van der Waals surface area (Å²) in [5, 5.41) is 10.5. The lowest BCUT2D eigenvalue weighted by Crippen LogP contribution is -2.14. The molecule has 5 nitrogen and oxygen atoms in total. The highest BCUT2D eigenvalue weighted by Crippen LogP contribution is 2.23. The van der Waals surface area contributed by atoms with Gasteiger partial charge in [-0.15, -0.1) is 0 Å². The van der Waals surface area contributed by atoms with Crippen LogP contribution in [-0.2, 0) is 12.8 Å². The van der Waals surface area contributed by atoms with E-state index in [-0.39, 0.29) is 5.69 Å². The second-order valence-electron chi connectivity index (χ2n) is 3.73. The molecule has 1 aromatic rings. The average Bonchev–Trinajstić information content (AvgIpc) is 2.62. The third-order valence-electron chi connectivity index (χ3n) is 2.56. The van der Waals surface area contributed by atoms with Crippen molar-refractivity contribution in [1.82, 2.24) is 4.98 Å². The summed E-state index contributed by atoms with van der Waals surface area (Å²) in [4.78, 5) is 24.3. The number of hydrogen-bond acceptors (Lipinski definition) is 3. The first kappa shape index (κ1) is 12.4. The molecule has 0 aromatic carbocycles. The fourth-order valence-electron chi connectivity index (χ4n) is 1.90. The van der Waals surface area contributed by atoms with E-state index in [0.717, 1.165) is 12.1 Å². The molecule has 1 atom stereocenters. The Morgan fingerprint density at radius 2 is 2.06 bits per heavy atom. The molecule has 0 fully saturated rings. The van der Waals surface area contributed by atoms with Crippen LogP contribution in [-0.4, -0.2) is 9.91 Å². The quantitative estimate of drug-likeness (QED) is 0.585. The first-order valence-electron chi connectivity index (χ1n) is 5.47. The molecule has 0 aliphatic heterocycles. The van der Waals surface area contributed by atoms with Gasteiger partial charge in [-0.05, 0) is 18.8 Å². The first-order chi connectivity index (χ1) is 7.59. The minimum absolute atomic E-state index is 0.349. The highest BCUT2D eigenvalue weighted by molar-refractivity contribution is 5.37. The van der Waals surface area contributed by atoms with Gasteiger partial charge in [-0.25, -0.2) is 0 Å². The Bertz CT molecular complexity index is 451. The van der Waals surface area contributed by atoms with E-state index in [9.17, 15) is 14.9 Å². The molecule has 0 radical (unpaired) electrons. The van der Waals surface area contributed by atoms with Crippen LogP contribution < -0.4 is 5.43 Å². The van der Waals surface area contributed by atoms with E-state index in [2.05, 4.69) is 4.98 Å². The highest BCUT2D eigenvalue weighted by atomic mass is 16.6. The third-order valence-corrected chi connectivity index (χ3v) is 2.56. The summed E-state index contributed by atoms with van der Waals surface area (Å²) in [6.45, 7) is 6.03. The molecule has 88 valence electrons.